The van der Waals surface area contributed by atoms with Gasteiger partial charge in [0, 0.05) is 5.56 Å². The van der Waals surface area contributed by atoms with E-state index in [-0.39, 0.29) is 12.6 Å². The minimum absolute atomic E-state index is 0.0346. The quantitative estimate of drug-likeness (QED) is 0.574. The first-order valence-corrected chi connectivity index (χ1v) is 8.87. The minimum atomic E-state index is -0.0346. The molecule has 0 aliphatic heterocycles. The summed E-state index contributed by atoms with van der Waals surface area (Å²) in [5.41, 5.74) is 2.81. The van der Waals surface area contributed by atoms with Gasteiger partial charge in [-0.1, -0.05) is 50.2 Å². The van der Waals surface area contributed by atoms with E-state index in [1.54, 1.807) is 0 Å². The molecule has 132 valence electrons. The van der Waals surface area contributed by atoms with E-state index in [1.165, 1.54) is 10.8 Å². The van der Waals surface area contributed by atoms with Gasteiger partial charge in [-0.3, -0.25) is 0 Å². The number of hydrogen-bond acceptors (Lipinski definition) is 4. The van der Waals surface area contributed by atoms with Gasteiger partial charge in [0.1, 0.15) is 5.82 Å². The number of nitrogens with zero attached hydrogens (tertiary/aromatic N) is 3. The molecule has 1 atom stereocenters. The maximum absolute atomic E-state index is 9.55. The van der Waals surface area contributed by atoms with Crippen LogP contribution in [0.5, 0.6) is 0 Å². The Labute approximate surface area is 152 Å². The van der Waals surface area contributed by atoms with E-state index in [4.69, 9.17) is 5.10 Å². The summed E-state index contributed by atoms with van der Waals surface area (Å²) in [7, 11) is 0. The highest BCUT2D eigenvalue weighted by Crippen LogP contribution is 2.25. The van der Waals surface area contributed by atoms with Crippen molar-refractivity contribution in [2.24, 2.45) is 5.92 Å². The fraction of sp³-hybridized carbons (Fsp3) is 0.238. The SMILES string of the molecule is CC(C)C(CO)Nc1ccc2ncc(-c3ccc4ccccc4c3)n2n1. The van der Waals surface area contributed by atoms with Crippen LogP contribution in [0.3, 0.4) is 0 Å². The molecule has 2 aromatic heterocycles. The number of anilines is 1. The number of aromatic nitrogens is 3. The van der Waals surface area contributed by atoms with Gasteiger partial charge in [-0.25, -0.2) is 9.50 Å². The molecule has 0 spiro atoms. The molecule has 26 heavy (non-hydrogen) atoms. The largest absolute Gasteiger partial charge is 0.394 e. The van der Waals surface area contributed by atoms with Gasteiger partial charge in [0.2, 0.25) is 0 Å². The van der Waals surface area contributed by atoms with Crippen molar-refractivity contribution < 1.29 is 5.11 Å². The lowest BCUT2D eigenvalue weighted by molar-refractivity contribution is 0.249. The van der Waals surface area contributed by atoms with Crippen molar-refractivity contribution in [2.45, 2.75) is 19.9 Å². The Hall–Kier alpha value is -2.92. The molecule has 0 radical (unpaired) electrons. The van der Waals surface area contributed by atoms with E-state index in [1.807, 2.05) is 35.0 Å². The second kappa shape index (κ2) is 6.77. The van der Waals surface area contributed by atoms with Crippen LogP contribution in [0.4, 0.5) is 5.82 Å². The lowest BCUT2D eigenvalue weighted by Gasteiger charge is -2.20. The standard InChI is InChI=1S/C21H22N4O/c1-14(2)18(13-26)23-20-9-10-21-22-12-19(25(21)24-20)17-8-7-15-5-3-4-6-16(15)11-17/h3-12,14,18,26H,13H2,1-2H3,(H,23,24). The van der Waals surface area contributed by atoms with Crippen LogP contribution < -0.4 is 5.32 Å². The van der Waals surface area contributed by atoms with Crippen molar-refractivity contribution in [3.63, 3.8) is 0 Å². The topological polar surface area (TPSA) is 62.5 Å². The summed E-state index contributed by atoms with van der Waals surface area (Å²) in [5.74, 6) is 1.03. The van der Waals surface area contributed by atoms with Crippen LogP contribution in [0.1, 0.15) is 13.8 Å². The van der Waals surface area contributed by atoms with Gasteiger partial charge in [0.15, 0.2) is 5.65 Å². The predicted molar refractivity (Wildman–Crippen MR) is 105 cm³/mol. The molecule has 5 heteroatoms. The Kier molecular flexibility index (Phi) is 4.31. The van der Waals surface area contributed by atoms with Crippen molar-refractivity contribution in [3.05, 3.63) is 60.8 Å². The molecule has 0 aliphatic carbocycles. The highest BCUT2D eigenvalue weighted by molar-refractivity contribution is 5.87. The number of benzene rings is 2. The average molecular weight is 346 g/mol. The normalized spacial score (nSPS) is 12.8. The Morgan fingerprint density at radius 2 is 1.85 bits per heavy atom. The fourth-order valence-corrected chi connectivity index (χ4v) is 3.11. The fourth-order valence-electron chi connectivity index (χ4n) is 3.11. The van der Waals surface area contributed by atoms with Crippen molar-refractivity contribution in [2.75, 3.05) is 11.9 Å². The van der Waals surface area contributed by atoms with Gasteiger partial charge in [0.25, 0.3) is 0 Å². The molecule has 0 saturated carbocycles. The van der Waals surface area contributed by atoms with Crippen LogP contribution in [-0.2, 0) is 0 Å². The summed E-state index contributed by atoms with van der Waals surface area (Å²) < 4.78 is 1.85. The van der Waals surface area contributed by atoms with E-state index in [2.05, 4.69) is 54.5 Å². The highest BCUT2D eigenvalue weighted by Gasteiger charge is 2.14. The molecule has 4 aromatic rings. The van der Waals surface area contributed by atoms with Gasteiger partial charge in [0.05, 0.1) is 24.5 Å². The van der Waals surface area contributed by atoms with Gasteiger partial charge in [-0.2, -0.15) is 0 Å². The van der Waals surface area contributed by atoms with Gasteiger partial charge >= 0.3 is 0 Å². The third kappa shape index (κ3) is 3.02. The molecule has 2 aromatic carbocycles. The van der Waals surface area contributed by atoms with Crippen LogP contribution in [0.15, 0.2) is 60.8 Å². The first-order valence-electron chi connectivity index (χ1n) is 8.87. The monoisotopic (exact) mass is 346 g/mol. The number of fused-ring (bicyclic) bond motifs is 2. The first kappa shape index (κ1) is 16.5. The average Bonchev–Trinajstić information content (AvgIpc) is 3.08. The molecule has 2 heterocycles. The smallest absolute Gasteiger partial charge is 0.154 e. The highest BCUT2D eigenvalue weighted by atomic mass is 16.3. The Balaban J connectivity index is 1.76. The molecular formula is C21H22N4O. The maximum Gasteiger partial charge on any atom is 0.154 e. The Bertz CT molecular complexity index is 1050. The number of aliphatic hydroxyl groups is 1. The lowest BCUT2D eigenvalue weighted by atomic mass is 10.1. The van der Waals surface area contributed by atoms with E-state index < -0.39 is 0 Å². The summed E-state index contributed by atoms with van der Waals surface area (Å²) in [6.07, 6.45) is 1.85. The second-order valence-corrected chi connectivity index (χ2v) is 6.87. The number of nitrogens with one attached hydrogen (secondary N) is 1. The first-order chi connectivity index (χ1) is 12.7. The van der Waals surface area contributed by atoms with Crippen LogP contribution in [-0.4, -0.2) is 32.4 Å². The summed E-state index contributed by atoms with van der Waals surface area (Å²) >= 11 is 0. The van der Waals surface area contributed by atoms with E-state index in [0.29, 0.717) is 5.92 Å². The third-order valence-electron chi connectivity index (χ3n) is 4.74. The number of aliphatic hydroxyl groups excluding tert-OH is 1. The van der Waals surface area contributed by atoms with Crippen molar-refractivity contribution in [1.82, 2.24) is 14.6 Å². The third-order valence-corrected chi connectivity index (χ3v) is 4.74. The molecule has 1 unspecified atom stereocenters. The zero-order valence-electron chi connectivity index (χ0n) is 14.9. The van der Waals surface area contributed by atoms with Crippen LogP contribution in [0.25, 0.3) is 27.7 Å². The number of rotatable bonds is 5. The van der Waals surface area contributed by atoms with E-state index in [0.717, 1.165) is 22.7 Å². The molecule has 0 aliphatic rings. The number of imidazole rings is 1. The molecule has 0 saturated heterocycles. The van der Waals surface area contributed by atoms with Crippen molar-refractivity contribution in [1.29, 1.82) is 0 Å². The van der Waals surface area contributed by atoms with Crippen molar-refractivity contribution in [3.8, 4) is 11.3 Å². The van der Waals surface area contributed by atoms with E-state index >= 15 is 0 Å². The zero-order chi connectivity index (χ0) is 18.1. The van der Waals surface area contributed by atoms with E-state index in [9.17, 15) is 5.11 Å². The summed E-state index contributed by atoms with van der Waals surface area (Å²) in [6, 6.07) is 18.5. The Morgan fingerprint density at radius 1 is 1.04 bits per heavy atom. The zero-order valence-corrected chi connectivity index (χ0v) is 14.9. The summed E-state index contributed by atoms with van der Waals surface area (Å²) in [6.45, 7) is 4.22. The molecular weight excluding hydrogens is 324 g/mol. The lowest BCUT2D eigenvalue weighted by Crippen LogP contribution is -2.30. The Morgan fingerprint density at radius 3 is 2.62 bits per heavy atom. The van der Waals surface area contributed by atoms with Crippen LogP contribution in [0.2, 0.25) is 0 Å². The maximum atomic E-state index is 9.55. The molecule has 0 bridgehead atoms. The molecule has 5 nitrogen and oxygen atoms in total. The predicted octanol–water partition coefficient (Wildman–Crippen LogP) is 3.98. The van der Waals surface area contributed by atoms with Gasteiger partial charge < -0.3 is 10.4 Å². The second-order valence-electron chi connectivity index (χ2n) is 6.87. The van der Waals surface area contributed by atoms with Gasteiger partial charge in [-0.15, -0.1) is 5.10 Å². The summed E-state index contributed by atoms with van der Waals surface area (Å²) in [4.78, 5) is 4.47. The van der Waals surface area contributed by atoms with Crippen LogP contribution in [0, 0.1) is 5.92 Å². The van der Waals surface area contributed by atoms with Gasteiger partial charge in [-0.05, 0) is 34.9 Å². The molecule has 0 amide bonds. The molecule has 0 fully saturated rings. The minimum Gasteiger partial charge on any atom is -0.394 e. The summed E-state index contributed by atoms with van der Waals surface area (Å²) in [5, 5.41) is 20.0. The number of hydrogen-bond donors (Lipinski definition) is 2. The van der Waals surface area contributed by atoms with Crippen LogP contribution >= 0.6 is 0 Å². The van der Waals surface area contributed by atoms with Crippen molar-refractivity contribution >= 4 is 22.2 Å². The molecule has 4 rings (SSSR count). The molecule has 2 N–H and O–H groups in total.